The molecule has 0 saturated heterocycles. The molecule has 0 saturated carbocycles. The summed E-state index contributed by atoms with van der Waals surface area (Å²) in [6.07, 6.45) is 0.677. The minimum absolute atomic E-state index is 0.262. The van der Waals surface area contributed by atoms with Gasteiger partial charge in [-0.1, -0.05) is 12.1 Å². The first-order chi connectivity index (χ1) is 6.69. The molecule has 1 aromatic rings. The fourth-order valence-electron chi connectivity index (χ4n) is 1.12. The van der Waals surface area contributed by atoms with Crippen molar-refractivity contribution in [1.82, 2.24) is 0 Å². The van der Waals surface area contributed by atoms with Crippen LogP contribution >= 0.6 is 0 Å². The van der Waals surface area contributed by atoms with Crippen LogP contribution in [0.1, 0.15) is 17.3 Å². The smallest absolute Gasteiger partial charge is 0.492 e. The highest BCUT2D eigenvalue weighted by atomic mass is 16.5. The van der Waals surface area contributed by atoms with E-state index in [-0.39, 0.29) is 5.46 Å². The molecule has 0 unspecified atom stereocenters. The Hall–Kier alpha value is -1.33. The quantitative estimate of drug-likeness (QED) is 0.504. The Morgan fingerprint density at radius 2 is 2.21 bits per heavy atom. The summed E-state index contributed by atoms with van der Waals surface area (Å²) in [6, 6.07) is 4.44. The summed E-state index contributed by atoms with van der Waals surface area (Å²) in [5, 5.41) is 18.0. The van der Waals surface area contributed by atoms with Crippen molar-refractivity contribution in [3.05, 3.63) is 23.8 Å². The van der Waals surface area contributed by atoms with Gasteiger partial charge in [-0.05, 0) is 13.0 Å². The Kier molecular flexibility index (Phi) is 3.68. The molecular formula is C9H11BO4. The van der Waals surface area contributed by atoms with E-state index >= 15 is 0 Å². The summed E-state index contributed by atoms with van der Waals surface area (Å²) in [5.74, 6) is 0.326. The van der Waals surface area contributed by atoms with Gasteiger partial charge < -0.3 is 14.8 Å². The monoisotopic (exact) mass is 194 g/mol. The molecule has 0 aromatic heterocycles. The van der Waals surface area contributed by atoms with E-state index < -0.39 is 7.12 Å². The molecule has 0 atom stereocenters. The van der Waals surface area contributed by atoms with Crippen molar-refractivity contribution in [3.63, 3.8) is 0 Å². The Balaban J connectivity index is 3.09. The fraction of sp³-hybridized carbons (Fsp3) is 0.222. The molecule has 0 bridgehead atoms. The lowest BCUT2D eigenvalue weighted by Crippen LogP contribution is -2.31. The Morgan fingerprint density at radius 3 is 2.71 bits per heavy atom. The number of carbonyl (C=O) groups is 1. The second kappa shape index (κ2) is 4.78. The number of hydrogen-bond donors (Lipinski definition) is 2. The fourth-order valence-corrected chi connectivity index (χ4v) is 1.12. The highest BCUT2D eigenvalue weighted by molar-refractivity contribution is 6.59. The van der Waals surface area contributed by atoms with E-state index in [9.17, 15) is 4.79 Å². The maximum atomic E-state index is 10.5. The zero-order valence-corrected chi connectivity index (χ0v) is 7.80. The number of ether oxygens (including phenoxy) is 1. The Morgan fingerprint density at radius 1 is 1.50 bits per heavy atom. The van der Waals surface area contributed by atoms with Gasteiger partial charge in [0.25, 0.3) is 0 Å². The van der Waals surface area contributed by atoms with Gasteiger partial charge in [0.1, 0.15) is 12.0 Å². The third-order valence-electron chi connectivity index (χ3n) is 1.75. The van der Waals surface area contributed by atoms with E-state index in [2.05, 4.69) is 0 Å². The summed E-state index contributed by atoms with van der Waals surface area (Å²) in [4.78, 5) is 10.5. The SMILES string of the molecule is CCOc1cc(C=O)ccc1B(O)O. The molecule has 14 heavy (non-hydrogen) atoms. The lowest BCUT2D eigenvalue weighted by molar-refractivity contribution is 0.112. The summed E-state index contributed by atoms with van der Waals surface area (Å²) in [5.41, 5.74) is 0.704. The Bertz CT molecular complexity index is 325. The lowest BCUT2D eigenvalue weighted by Gasteiger charge is -2.09. The van der Waals surface area contributed by atoms with Gasteiger partial charge >= 0.3 is 7.12 Å². The zero-order valence-electron chi connectivity index (χ0n) is 7.80. The minimum Gasteiger partial charge on any atom is -0.494 e. The Labute approximate surface area is 82.3 Å². The molecular weight excluding hydrogens is 183 g/mol. The third kappa shape index (κ3) is 2.34. The van der Waals surface area contributed by atoms with Crippen molar-refractivity contribution < 1.29 is 19.6 Å². The van der Waals surface area contributed by atoms with Gasteiger partial charge in [-0.15, -0.1) is 0 Å². The largest absolute Gasteiger partial charge is 0.494 e. The van der Waals surface area contributed by atoms with E-state index in [1.165, 1.54) is 18.2 Å². The molecule has 0 aliphatic carbocycles. The van der Waals surface area contributed by atoms with Crippen LogP contribution < -0.4 is 10.2 Å². The first-order valence-electron chi connectivity index (χ1n) is 4.27. The van der Waals surface area contributed by atoms with E-state index in [4.69, 9.17) is 14.8 Å². The van der Waals surface area contributed by atoms with Gasteiger partial charge in [0.05, 0.1) is 6.61 Å². The molecule has 1 rings (SSSR count). The van der Waals surface area contributed by atoms with Crippen LogP contribution in [0.3, 0.4) is 0 Å². The van der Waals surface area contributed by atoms with Gasteiger partial charge in [-0.3, -0.25) is 4.79 Å². The molecule has 0 fully saturated rings. The molecule has 5 heteroatoms. The number of aldehydes is 1. The molecule has 0 heterocycles. The number of rotatable bonds is 4. The van der Waals surface area contributed by atoms with Crippen molar-refractivity contribution >= 4 is 18.9 Å². The summed E-state index contributed by atoms with van der Waals surface area (Å²) >= 11 is 0. The van der Waals surface area contributed by atoms with Crippen LogP contribution in [0.4, 0.5) is 0 Å². The number of benzene rings is 1. The van der Waals surface area contributed by atoms with Crippen molar-refractivity contribution in [2.45, 2.75) is 6.92 Å². The zero-order chi connectivity index (χ0) is 10.6. The maximum absolute atomic E-state index is 10.5. The van der Waals surface area contributed by atoms with Gasteiger partial charge in [0.15, 0.2) is 0 Å². The van der Waals surface area contributed by atoms with Crippen molar-refractivity contribution in [1.29, 1.82) is 0 Å². The van der Waals surface area contributed by atoms with E-state index in [0.717, 1.165) is 0 Å². The van der Waals surface area contributed by atoms with Gasteiger partial charge in [-0.25, -0.2) is 0 Å². The maximum Gasteiger partial charge on any atom is 0.492 e. The number of carbonyl (C=O) groups excluding carboxylic acids is 1. The number of hydrogen-bond acceptors (Lipinski definition) is 4. The second-order valence-corrected chi connectivity index (χ2v) is 2.72. The average molecular weight is 194 g/mol. The average Bonchev–Trinajstić information content (AvgIpc) is 2.17. The topological polar surface area (TPSA) is 66.8 Å². The van der Waals surface area contributed by atoms with Crippen molar-refractivity contribution in [2.75, 3.05) is 6.61 Å². The molecule has 4 nitrogen and oxygen atoms in total. The lowest BCUT2D eigenvalue weighted by atomic mass is 9.79. The molecule has 0 aliphatic rings. The minimum atomic E-state index is -1.59. The van der Waals surface area contributed by atoms with Gasteiger partial charge in [0, 0.05) is 11.0 Å². The van der Waals surface area contributed by atoms with Gasteiger partial charge in [0.2, 0.25) is 0 Å². The van der Waals surface area contributed by atoms with E-state index in [0.29, 0.717) is 24.2 Å². The standard InChI is InChI=1S/C9H11BO4/c1-2-14-9-5-7(6-11)3-4-8(9)10(12)13/h3-6,12-13H,2H2,1H3. The van der Waals surface area contributed by atoms with Crippen LogP contribution in [0.2, 0.25) is 0 Å². The van der Waals surface area contributed by atoms with Gasteiger partial charge in [-0.2, -0.15) is 0 Å². The molecule has 0 spiro atoms. The highest BCUT2D eigenvalue weighted by Gasteiger charge is 2.17. The molecule has 0 radical (unpaired) electrons. The molecule has 0 amide bonds. The summed E-state index contributed by atoms with van der Waals surface area (Å²) < 4.78 is 5.16. The van der Waals surface area contributed by atoms with Crippen LogP contribution in [0.25, 0.3) is 0 Å². The van der Waals surface area contributed by atoms with Crippen LogP contribution in [0, 0.1) is 0 Å². The molecule has 2 N–H and O–H groups in total. The normalized spacial score (nSPS) is 9.64. The highest BCUT2D eigenvalue weighted by Crippen LogP contribution is 2.10. The predicted molar refractivity (Wildman–Crippen MR) is 52.8 cm³/mol. The van der Waals surface area contributed by atoms with Crippen molar-refractivity contribution in [2.24, 2.45) is 0 Å². The first kappa shape index (κ1) is 10.8. The van der Waals surface area contributed by atoms with Crippen LogP contribution in [-0.4, -0.2) is 30.1 Å². The third-order valence-corrected chi connectivity index (χ3v) is 1.75. The van der Waals surface area contributed by atoms with Crippen LogP contribution in [-0.2, 0) is 0 Å². The van der Waals surface area contributed by atoms with E-state index in [1.54, 1.807) is 6.92 Å². The van der Waals surface area contributed by atoms with Crippen LogP contribution in [0.5, 0.6) is 5.75 Å². The molecule has 1 aromatic carbocycles. The summed E-state index contributed by atoms with van der Waals surface area (Å²) in [7, 11) is -1.59. The summed E-state index contributed by atoms with van der Waals surface area (Å²) in [6.45, 7) is 2.18. The molecule has 74 valence electrons. The second-order valence-electron chi connectivity index (χ2n) is 2.72. The predicted octanol–water partition coefficient (Wildman–Crippen LogP) is -0.422. The molecule has 0 aliphatic heterocycles. The van der Waals surface area contributed by atoms with Crippen LogP contribution in [0.15, 0.2) is 18.2 Å². The van der Waals surface area contributed by atoms with E-state index in [1.807, 2.05) is 0 Å². The first-order valence-corrected chi connectivity index (χ1v) is 4.27. The van der Waals surface area contributed by atoms with Crippen molar-refractivity contribution in [3.8, 4) is 5.75 Å².